The number of hydrogen-bond acceptors (Lipinski definition) is 3. The van der Waals surface area contributed by atoms with Crippen LogP contribution in [0.2, 0.25) is 0 Å². The molecule has 0 saturated carbocycles. The molecule has 0 bridgehead atoms. The van der Waals surface area contributed by atoms with Crippen molar-refractivity contribution in [2.75, 3.05) is 19.9 Å². The summed E-state index contributed by atoms with van der Waals surface area (Å²) >= 11 is 0. The summed E-state index contributed by atoms with van der Waals surface area (Å²) in [5.74, 6) is 1.72. The van der Waals surface area contributed by atoms with Crippen molar-refractivity contribution in [2.24, 2.45) is 7.05 Å². The summed E-state index contributed by atoms with van der Waals surface area (Å²) in [6.07, 6.45) is 1.04. The number of ether oxygens (including phenoxy) is 2. The summed E-state index contributed by atoms with van der Waals surface area (Å²) in [4.78, 5) is 0. The molecule has 1 aliphatic heterocycles. The van der Waals surface area contributed by atoms with E-state index in [4.69, 9.17) is 9.47 Å². The van der Waals surface area contributed by atoms with E-state index < -0.39 is 0 Å². The van der Waals surface area contributed by atoms with Crippen molar-refractivity contribution in [3.05, 3.63) is 23.4 Å². The molecule has 0 aliphatic carbocycles. The minimum Gasteiger partial charge on any atom is -0.454 e. The van der Waals surface area contributed by atoms with Gasteiger partial charge in [-0.05, 0) is 38.1 Å². The monoisotopic (exact) mass is 260 g/mol. The Balaban J connectivity index is 2.07. The molecule has 0 atom stereocenters. The SMILES string of the molecule is CCNCCc1c(C)n(C)c2cc3c(cc12)OCO3. The van der Waals surface area contributed by atoms with Gasteiger partial charge in [0.15, 0.2) is 11.5 Å². The molecule has 0 amide bonds. The summed E-state index contributed by atoms with van der Waals surface area (Å²) in [5.41, 5.74) is 3.93. The Bertz CT molecular complexity index is 616. The topological polar surface area (TPSA) is 35.4 Å². The second kappa shape index (κ2) is 4.78. The number of likely N-dealkylation sites (N-methyl/N-ethyl adjacent to an activating group) is 1. The molecule has 19 heavy (non-hydrogen) atoms. The lowest BCUT2D eigenvalue weighted by Crippen LogP contribution is -2.16. The van der Waals surface area contributed by atoms with Gasteiger partial charge >= 0.3 is 0 Å². The van der Waals surface area contributed by atoms with Gasteiger partial charge in [0.25, 0.3) is 0 Å². The van der Waals surface area contributed by atoms with Crippen LogP contribution >= 0.6 is 0 Å². The standard InChI is InChI=1S/C15H20N2O2/c1-4-16-6-5-11-10(2)17(3)13-8-15-14(7-12(11)13)18-9-19-15/h7-8,16H,4-6,9H2,1-3H3. The van der Waals surface area contributed by atoms with Crippen LogP contribution < -0.4 is 14.8 Å². The van der Waals surface area contributed by atoms with Crippen LogP contribution in [0, 0.1) is 6.92 Å². The van der Waals surface area contributed by atoms with Crippen molar-refractivity contribution in [3.8, 4) is 11.5 Å². The second-order valence-electron chi connectivity index (χ2n) is 4.95. The Morgan fingerprint density at radius 3 is 2.74 bits per heavy atom. The van der Waals surface area contributed by atoms with Crippen LogP contribution in [0.15, 0.2) is 12.1 Å². The predicted octanol–water partition coefficient (Wildman–Crippen LogP) is 2.37. The molecular weight excluding hydrogens is 240 g/mol. The quantitative estimate of drug-likeness (QED) is 0.857. The van der Waals surface area contributed by atoms with E-state index in [1.165, 1.54) is 22.2 Å². The number of benzene rings is 1. The van der Waals surface area contributed by atoms with Crippen LogP contribution in [0.1, 0.15) is 18.2 Å². The van der Waals surface area contributed by atoms with Gasteiger partial charge in [-0.25, -0.2) is 0 Å². The smallest absolute Gasteiger partial charge is 0.231 e. The maximum atomic E-state index is 5.49. The van der Waals surface area contributed by atoms with Crippen molar-refractivity contribution in [3.63, 3.8) is 0 Å². The fourth-order valence-electron chi connectivity index (χ4n) is 2.73. The maximum Gasteiger partial charge on any atom is 0.231 e. The molecule has 3 rings (SSSR count). The van der Waals surface area contributed by atoms with E-state index >= 15 is 0 Å². The number of aryl methyl sites for hydroxylation is 1. The molecule has 0 radical (unpaired) electrons. The number of nitrogens with one attached hydrogen (secondary N) is 1. The molecule has 0 fully saturated rings. The van der Waals surface area contributed by atoms with E-state index in [0.29, 0.717) is 6.79 Å². The second-order valence-corrected chi connectivity index (χ2v) is 4.95. The van der Waals surface area contributed by atoms with E-state index in [0.717, 1.165) is 31.0 Å². The highest BCUT2D eigenvalue weighted by Gasteiger charge is 2.19. The third-order valence-electron chi connectivity index (χ3n) is 3.92. The van der Waals surface area contributed by atoms with E-state index in [2.05, 4.69) is 42.9 Å². The fraction of sp³-hybridized carbons (Fsp3) is 0.467. The van der Waals surface area contributed by atoms with Crippen LogP contribution in [-0.4, -0.2) is 24.4 Å². The van der Waals surface area contributed by atoms with E-state index in [1.54, 1.807) is 0 Å². The highest BCUT2D eigenvalue weighted by Crippen LogP contribution is 2.38. The Morgan fingerprint density at radius 1 is 1.26 bits per heavy atom. The number of rotatable bonds is 4. The molecule has 2 aromatic rings. The van der Waals surface area contributed by atoms with Crippen molar-refractivity contribution in [1.29, 1.82) is 0 Å². The van der Waals surface area contributed by atoms with Gasteiger partial charge in [0.1, 0.15) is 0 Å². The van der Waals surface area contributed by atoms with Crippen LogP contribution in [-0.2, 0) is 13.5 Å². The lowest BCUT2D eigenvalue weighted by Gasteiger charge is -2.03. The first-order valence-corrected chi connectivity index (χ1v) is 6.80. The van der Waals surface area contributed by atoms with Crippen molar-refractivity contribution >= 4 is 10.9 Å². The summed E-state index contributed by atoms with van der Waals surface area (Å²) in [6.45, 7) is 6.65. The number of hydrogen-bond donors (Lipinski definition) is 1. The average Bonchev–Trinajstić information content (AvgIpc) is 2.95. The normalized spacial score (nSPS) is 13.4. The first kappa shape index (κ1) is 12.4. The lowest BCUT2D eigenvalue weighted by molar-refractivity contribution is 0.174. The van der Waals surface area contributed by atoms with Crippen molar-refractivity contribution in [1.82, 2.24) is 9.88 Å². The summed E-state index contributed by atoms with van der Waals surface area (Å²) < 4.78 is 13.2. The van der Waals surface area contributed by atoms with E-state index in [-0.39, 0.29) is 0 Å². The summed E-state index contributed by atoms with van der Waals surface area (Å²) in [6, 6.07) is 4.20. The zero-order valence-corrected chi connectivity index (χ0v) is 11.7. The zero-order valence-electron chi connectivity index (χ0n) is 11.7. The molecular formula is C15H20N2O2. The van der Waals surface area contributed by atoms with Gasteiger partial charge in [-0.1, -0.05) is 6.92 Å². The van der Waals surface area contributed by atoms with Gasteiger partial charge in [-0.15, -0.1) is 0 Å². The Kier molecular flexibility index (Phi) is 3.11. The maximum absolute atomic E-state index is 5.49. The Labute approximate surface area is 113 Å². The summed E-state index contributed by atoms with van der Waals surface area (Å²) in [5, 5.41) is 4.66. The van der Waals surface area contributed by atoms with E-state index in [1.807, 2.05) is 0 Å². The molecule has 102 valence electrons. The third kappa shape index (κ3) is 1.96. The molecule has 1 aliphatic rings. The van der Waals surface area contributed by atoms with Crippen LogP contribution in [0.3, 0.4) is 0 Å². The van der Waals surface area contributed by atoms with Gasteiger partial charge in [0.2, 0.25) is 6.79 Å². The number of nitrogens with zero attached hydrogens (tertiary/aromatic N) is 1. The molecule has 4 heteroatoms. The van der Waals surface area contributed by atoms with Crippen LogP contribution in [0.25, 0.3) is 10.9 Å². The number of aromatic nitrogens is 1. The largest absolute Gasteiger partial charge is 0.454 e. The van der Waals surface area contributed by atoms with Gasteiger partial charge < -0.3 is 19.4 Å². The first-order chi connectivity index (χ1) is 9.22. The lowest BCUT2D eigenvalue weighted by atomic mass is 10.1. The van der Waals surface area contributed by atoms with E-state index in [9.17, 15) is 0 Å². The highest BCUT2D eigenvalue weighted by atomic mass is 16.7. The Hall–Kier alpha value is -1.68. The van der Waals surface area contributed by atoms with Gasteiger partial charge in [0.05, 0.1) is 5.52 Å². The van der Waals surface area contributed by atoms with Crippen LogP contribution in [0.5, 0.6) is 11.5 Å². The molecule has 1 aromatic carbocycles. The number of fused-ring (bicyclic) bond motifs is 2. The van der Waals surface area contributed by atoms with Gasteiger partial charge in [-0.2, -0.15) is 0 Å². The molecule has 0 unspecified atom stereocenters. The van der Waals surface area contributed by atoms with Gasteiger partial charge in [0, 0.05) is 24.2 Å². The molecule has 0 spiro atoms. The first-order valence-electron chi connectivity index (χ1n) is 6.80. The zero-order chi connectivity index (χ0) is 13.4. The molecule has 1 N–H and O–H groups in total. The molecule has 4 nitrogen and oxygen atoms in total. The molecule has 2 heterocycles. The minimum absolute atomic E-state index is 0.331. The highest BCUT2D eigenvalue weighted by molar-refractivity contribution is 5.89. The third-order valence-corrected chi connectivity index (χ3v) is 3.92. The molecule has 0 saturated heterocycles. The van der Waals surface area contributed by atoms with Gasteiger partial charge in [-0.3, -0.25) is 0 Å². The van der Waals surface area contributed by atoms with Crippen molar-refractivity contribution < 1.29 is 9.47 Å². The summed E-state index contributed by atoms with van der Waals surface area (Å²) in [7, 11) is 2.11. The average molecular weight is 260 g/mol. The Morgan fingerprint density at radius 2 is 2.00 bits per heavy atom. The molecule has 1 aromatic heterocycles. The van der Waals surface area contributed by atoms with Crippen LogP contribution in [0.4, 0.5) is 0 Å². The minimum atomic E-state index is 0.331. The fourth-order valence-corrected chi connectivity index (χ4v) is 2.73. The predicted molar refractivity (Wildman–Crippen MR) is 76.0 cm³/mol. The van der Waals surface area contributed by atoms with Crippen molar-refractivity contribution in [2.45, 2.75) is 20.3 Å².